The van der Waals surface area contributed by atoms with Crippen molar-refractivity contribution < 1.29 is 9.90 Å². The number of nitrogens with one attached hydrogen (secondary N) is 2. The van der Waals surface area contributed by atoms with Crippen molar-refractivity contribution in [3.05, 3.63) is 46.8 Å². The maximum absolute atomic E-state index is 12.4. The number of aliphatic hydroxyl groups excluding tert-OH is 1. The predicted molar refractivity (Wildman–Crippen MR) is 88.4 cm³/mol. The number of fused-ring (bicyclic) bond motifs is 1. The van der Waals surface area contributed by atoms with Crippen molar-refractivity contribution >= 4 is 11.7 Å². The molecule has 1 aromatic heterocycles. The number of nitrogens with zero attached hydrogens (tertiary/aromatic N) is 2. The van der Waals surface area contributed by atoms with Crippen LogP contribution >= 0.6 is 0 Å². The van der Waals surface area contributed by atoms with E-state index >= 15 is 0 Å². The number of benzene rings is 1. The van der Waals surface area contributed by atoms with E-state index in [2.05, 4.69) is 15.7 Å². The Bertz CT molecular complexity index is 738. The summed E-state index contributed by atoms with van der Waals surface area (Å²) in [5.41, 5.74) is 4.49. The van der Waals surface area contributed by atoms with Gasteiger partial charge in [0.2, 0.25) is 0 Å². The van der Waals surface area contributed by atoms with Crippen molar-refractivity contribution in [3.8, 4) is 0 Å². The van der Waals surface area contributed by atoms with E-state index in [1.165, 1.54) is 0 Å². The molecule has 3 rings (SSSR count). The third-order valence-electron chi connectivity index (χ3n) is 4.41. The van der Waals surface area contributed by atoms with Gasteiger partial charge in [-0.05, 0) is 31.9 Å². The van der Waals surface area contributed by atoms with Gasteiger partial charge in [0.1, 0.15) is 0 Å². The molecule has 0 fully saturated rings. The van der Waals surface area contributed by atoms with Crippen molar-refractivity contribution in [1.29, 1.82) is 0 Å². The van der Waals surface area contributed by atoms with Crippen LogP contribution in [0.15, 0.2) is 24.3 Å². The zero-order chi connectivity index (χ0) is 16.6. The average Bonchev–Trinajstić information content (AvgIpc) is 2.98. The topological polar surface area (TPSA) is 79.2 Å². The Morgan fingerprint density at radius 1 is 1.39 bits per heavy atom. The second kappa shape index (κ2) is 6.04. The minimum atomic E-state index is -0.598. The molecule has 0 saturated carbocycles. The summed E-state index contributed by atoms with van der Waals surface area (Å²) in [5.74, 6) is 0. The maximum atomic E-state index is 12.4. The summed E-state index contributed by atoms with van der Waals surface area (Å²) in [6, 6.07) is 7.09. The monoisotopic (exact) mass is 314 g/mol. The smallest absolute Gasteiger partial charge is 0.319 e. The number of hydrogen-bond acceptors (Lipinski definition) is 3. The van der Waals surface area contributed by atoms with Gasteiger partial charge < -0.3 is 15.7 Å². The molecule has 0 unspecified atom stereocenters. The molecule has 0 bridgehead atoms. The molecule has 2 atom stereocenters. The second-order valence-corrected chi connectivity index (χ2v) is 5.91. The lowest BCUT2D eigenvalue weighted by atomic mass is 10.1. The highest BCUT2D eigenvalue weighted by Crippen LogP contribution is 2.31. The molecule has 1 heterocycles. The van der Waals surface area contributed by atoms with Crippen molar-refractivity contribution in [1.82, 2.24) is 15.1 Å². The van der Waals surface area contributed by atoms with Gasteiger partial charge >= 0.3 is 6.03 Å². The third kappa shape index (κ3) is 2.82. The number of rotatable bonds is 3. The Morgan fingerprint density at radius 2 is 2.13 bits per heavy atom. The van der Waals surface area contributed by atoms with Gasteiger partial charge in [-0.25, -0.2) is 4.79 Å². The summed E-state index contributed by atoms with van der Waals surface area (Å²) in [6.45, 7) is 6.56. The Hall–Kier alpha value is -2.34. The normalized spacial score (nSPS) is 19.5. The highest BCUT2D eigenvalue weighted by molar-refractivity contribution is 5.91. The molecule has 3 N–H and O–H groups in total. The summed E-state index contributed by atoms with van der Waals surface area (Å²) in [5, 5.41) is 20.4. The fourth-order valence-electron chi connectivity index (χ4n) is 3.22. The molecule has 0 saturated heterocycles. The summed E-state index contributed by atoms with van der Waals surface area (Å²) >= 11 is 0. The summed E-state index contributed by atoms with van der Waals surface area (Å²) < 4.78 is 1.85. The average molecular weight is 314 g/mol. The van der Waals surface area contributed by atoms with E-state index in [-0.39, 0.29) is 12.1 Å². The lowest BCUT2D eigenvalue weighted by Gasteiger charge is -2.18. The number of carbonyl (C=O) groups is 1. The molecule has 2 amide bonds. The Morgan fingerprint density at radius 3 is 2.83 bits per heavy atom. The van der Waals surface area contributed by atoms with Crippen LogP contribution in [0.5, 0.6) is 0 Å². The van der Waals surface area contributed by atoms with Gasteiger partial charge in [0.05, 0.1) is 29.2 Å². The Kier molecular flexibility index (Phi) is 4.09. The van der Waals surface area contributed by atoms with E-state index in [1.807, 2.05) is 49.7 Å². The lowest BCUT2D eigenvalue weighted by molar-refractivity contribution is 0.144. The number of anilines is 1. The van der Waals surface area contributed by atoms with Crippen LogP contribution in [0.2, 0.25) is 0 Å². The number of amides is 2. The van der Waals surface area contributed by atoms with E-state index in [1.54, 1.807) is 0 Å². The molecule has 122 valence electrons. The SMILES string of the molecule is CCn1nc(C)c(NC(=O)N[C@H]2c3ccccc3C[C@H]2O)c1C. The van der Waals surface area contributed by atoms with Crippen LogP contribution in [0.4, 0.5) is 10.5 Å². The molecule has 2 aromatic rings. The standard InChI is InChI=1S/C17H22N4O2/c1-4-21-11(3)15(10(2)20-21)18-17(23)19-16-13-8-6-5-7-12(13)9-14(16)22/h5-8,14,16,22H,4,9H2,1-3H3,(H2,18,19,23)/t14-,16+/m1/s1. The molecule has 0 aliphatic heterocycles. The first-order chi connectivity index (χ1) is 11.0. The molecule has 1 aliphatic carbocycles. The molecule has 6 nitrogen and oxygen atoms in total. The molecular weight excluding hydrogens is 292 g/mol. The van der Waals surface area contributed by atoms with Gasteiger partial charge in [-0.1, -0.05) is 24.3 Å². The molecule has 6 heteroatoms. The molecule has 23 heavy (non-hydrogen) atoms. The predicted octanol–water partition coefficient (Wildman–Crippen LogP) is 2.30. The second-order valence-electron chi connectivity index (χ2n) is 5.91. The number of carbonyl (C=O) groups excluding carboxylic acids is 1. The first-order valence-electron chi connectivity index (χ1n) is 7.88. The van der Waals surface area contributed by atoms with Gasteiger partial charge in [-0.3, -0.25) is 4.68 Å². The fraction of sp³-hybridized carbons (Fsp3) is 0.412. The molecule has 1 aliphatic rings. The van der Waals surface area contributed by atoms with Crippen LogP contribution in [0.25, 0.3) is 0 Å². The maximum Gasteiger partial charge on any atom is 0.319 e. The van der Waals surface area contributed by atoms with Crippen LogP contribution < -0.4 is 10.6 Å². The molecule has 0 radical (unpaired) electrons. The first kappa shape index (κ1) is 15.6. The minimum absolute atomic E-state index is 0.326. The van der Waals surface area contributed by atoms with E-state index < -0.39 is 6.10 Å². The van der Waals surface area contributed by atoms with E-state index in [0.717, 1.165) is 34.7 Å². The fourth-order valence-corrected chi connectivity index (χ4v) is 3.22. The van der Waals surface area contributed by atoms with Gasteiger partial charge in [0, 0.05) is 13.0 Å². The van der Waals surface area contributed by atoms with Crippen LogP contribution in [0.1, 0.15) is 35.5 Å². The highest BCUT2D eigenvalue weighted by atomic mass is 16.3. The first-order valence-corrected chi connectivity index (χ1v) is 7.88. The van der Waals surface area contributed by atoms with Gasteiger partial charge in [0.15, 0.2) is 0 Å². The zero-order valence-electron chi connectivity index (χ0n) is 13.6. The van der Waals surface area contributed by atoms with E-state index in [9.17, 15) is 9.90 Å². The summed E-state index contributed by atoms with van der Waals surface area (Å²) in [6.07, 6.45) is -0.0360. The summed E-state index contributed by atoms with van der Waals surface area (Å²) in [7, 11) is 0. The third-order valence-corrected chi connectivity index (χ3v) is 4.41. The van der Waals surface area contributed by atoms with Crippen LogP contribution in [0.3, 0.4) is 0 Å². The molecular formula is C17H22N4O2. The molecule has 0 spiro atoms. The summed E-state index contributed by atoms with van der Waals surface area (Å²) in [4.78, 5) is 12.4. The number of urea groups is 1. The number of aliphatic hydroxyl groups is 1. The lowest BCUT2D eigenvalue weighted by Crippen LogP contribution is -2.37. The quantitative estimate of drug-likeness (QED) is 0.813. The van der Waals surface area contributed by atoms with E-state index in [4.69, 9.17) is 0 Å². The highest BCUT2D eigenvalue weighted by Gasteiger charge is 2.32. The largest absolute Gasteiger partial charge is 0.390 e. The van der Waals surface area contributed by atoms with Crippen molar-refractivity contribution in [2.24, 2.45) is 0 Å². The number of hydrogen-bond donors (Lipinski definition) is 3. The molecule has 1 aromatic carbocycles. The van der Waals surface area contributed by atoms with Crippen LogP contribution in [0, 0.1) is 13.8 Å². The van der Waals surface area contributed by atoms with Crippen molar-refractivity contribution in [2.45, 2.75) is 45.9 Å². The van der Waals surface area contributed by atoms with Gasteiger partial charge in [-0.15, -0.1) is 0 Å². The number of aryl methyl sites for hydroxylation is 2. The number of aromatic nitrogens is 2. The van der Waals surface area contributed by atoms with Gasteiger partial charge in [-0.2, -0.15) is 5.10 Å². The van der Waals surface area contributed by atoms with Gasteiger partial charge in [0.25, 0.3) is 0 Å². The zero-order valence-corrected chi connectivity index (χ0v) is 13.6. The van der Waals surface area contributed by atoms with Crippen molar-refractivity contribution in [2.75, 3.05) is 5.32 Å². The van der Waals surface area contributed by atoms with E-state index in [0.29, 0.717) is 6.42 Å². The Balaban J connectivity index is 1.75. The minimum Gasteiger partial charge on any atom is -0.390 e. The van der Waals surface area contributed by atoms with Crippen LogP contribution in [-0.2, 0) is 13.0 Å². The Labute approximate surface area is 135 Å². The van der Waals surface area contributed by atoms with Crippen molar-refractivity contribution in [3.63, 3.8) is 0 Å². The van der Waals surface area contributed by atoms with Crippen LogP contribution in [-0.4, -0.2) is 27.0 Å².